The van der Waals surface area contributed by atoms with E-state index in [1.165, 1.54) is 25.7 Å². The van der Waals surface area contributed by atoms with Crippen LogP contribution >= 0.6 is 0 Å². The molecule has 0 aromatic carbocycles. The van der Waals surface area contributed by atoms with E-state index in [4.69, 9.17) is 0 Å². The Kier molecular flexibility index (Phi) is 5.11. The summed E-state index contributed by atoms with van der Waals surface area (Å²) in [6.45, 7) is 8.90. The summed E-state index contributed by atoms with van der Waals surface area (Å²) in [6.07, 6.45) is 2.45. The summed E-state index contributed by atoms with van der Waals surface area (Å²) in [7, 11) is 0. The lowest BCUT2D eigenvalue weighted by atomic mass is 9.70. The van der Waals surface area contributed by atoms with E-state index in [9.17, 15) is 15.3 Å². The fraction of sp³-hybridized carbons (Fsp3) is 1.00. The fourth-order valence-electron chi connectivity index (χ4n) is 3.80. The van der Waals surface area contributed by atoms with Gasteiger partial charge in [-0.15, -0.1) is 0 Å². The summed E-state index contributed by atoms with van der Waals surface area (Å²) in [5, 5.41) is 29.1. The highest BCUT2D eigenvalue weighted by molar-refractivity contribution is 4.88. The minimum absolute atomic E-state index is 0.409. The summed E-state index contributed by atoms with van der Waals surface area (Å²) in [5.74, 6) is 1.49. The van der Waals surface area contributed by atoms with Gasteiger partial charge in [-0.25, -0.2) is 0 Å². The van der Waals surface area contributed by atoms with Crippen molar-refractivity contribution in [1.29, 1.82) is 0 Å². The molecule has 2 aliphatic rings. The molecule has 0 bridgehead atoms. The maximum atomic E-state index is 9.75. The fourth-order valence-corrected chi connectivity index (χ4v) is 3.80. The van der Waals surface area contributed by atoms with Gasteiger partial charge in [-0.3, -0.25) is 4.90 Å². The maximum absolute atomic E-state index is 9.75. The lowest BCUT2D eigenvalue weighted by Crippen LogP contribution is -2.56. The van der Waals surface area contributed by atoms with Crippen molar-refractivity contribution in [2.24, 2.45) is 17.3 Å². The van der Waals surface area contributed by atoms with E-state index in [0.29, 0.717) is 24.4 Å². The Morgan fingerprint density at radius 1 is 0.900 bits per heavy atom. The molecule has 1 aliphatic heterocycles. The predicted molar refractivity (Wildman–Crippen MR) is 79.4 cm³/mol. The molecule has 1 saturated carbocycles. The first-order valence-electron chi connectivity index (χ1n) is 8.04. The predicted octanol–water partition coefficient (Wildman–Crippen LogP) is 1.24. The Hall–Kier alpha value is -0.160. The van der Waals surface area contributed by atoms with Gasteiger partial charge < -0.3 is 15.3 Å². The number of nitrogens with zero attached hydrogens (tertiary/aromatic N) is 1. The van der Waals surface area contributed by atoms with Crippen LogP contribution in [-0.2, 0) is 0 Å². The van der Waals surface area contributed by atoms with Crippen LogP contribution in [0.25, 0.3) is 0 Å². The molecule has 2 rings (SSSR count). The Morgan fingerprint density at radius 2 is 1.40 bits per heavy atom. The molecule has 0 aromatic heterocycles. The summed E-state index contributed by atoms with van der Waals surface area (Å²) < 4.78 is 0. The number of rotatable bonds is 2. The first-order valence-corrected chi connectivity index (χ1v) is 8.04. The smallest absolute Gasteiger partial charge is 0.108 e. The molecule has 0 unspecified atom stereocenters. The third-order valence-corrected chi connectivity index (χ3v) is 5.27. The normalized spacial score (nSPS) is 40.8. The number of aliphatic hydroxyl groups excluding tert-OH is 3. The van der Waals surface area contributed by atoms with Crippen molar-refractivity contribution in [3.63, 3.8) is 0 Å². The molecule has 4 heteroatoms. The van der Waals surface area contributed by atoms with Gasteiger partial charge in [-0.1, -0.05) is 20.8 Å². The van der Waals surface area contributed by atoms with Gasteiger partial charge in [0.15, 0.2) is 0 Å². The molecule has 118 valence electrons. The maximum Gasteiger partial charge on any atom is 0.108 e. The van der Waals surface area contributed by atoms with Gasteiger partial charge in [-0.2, -0.15) is 0 Å². The average Bonchev–Trinajstić information content (AvgIpc) is 2.35. The van der Waals surface area contributed by atoms with E-state index in [1.54, 1.807) is 0 Å². The zero-order valence-electron chi connectivity index (χ0n) is 13.1. The molecular formula is C16H31NO3. The summed E-state index contributed by atoms with van der Waals surface area (Å²) in [5.41, 5.74) is 0.409. The van der Waals surface area contributed by atoms with Crippen molar-refractivity contribution in [3.05, 3.63) is 0 Å². The summed E-state index contributed by atoms with van der Waals surface area (Å²) in [4.78, 5) is 2.12. The quantitative estimate of drug-likeness (QED) is 0.714. The molecule has 2 fully saturated rings. The third kappa shape index (κ3) is 3.94. The minimum atomic E-state index is -0.983. The number of β-amino-alcohol motifs (C(OH)–C–C–N with tert-alkyl or cyclic N) is 2. The minimum Gasteiger partial charge on any atom is -0.389 e. The Bertz CT molecular complexity index is 295. The highest BCUT2D eigenvalue weighted by Gasteiger charge is 2.35. The second-order valence-corrected chi connectivity index (χ2v) is 7.93. The SMILES string of the molecule is CC(C)(C)[C@H]1CC[C@@H](CN2C[C@@H](O)[C@H](O)[C@@H](O)C2)CC1. The molecule has 1 aliphatic carbocycles. The number of aliphatic hydroxyl groups is 3. The molecule has 0 radical (unpaired) electrons. The van der Waals surface area contributed by atoms with Crippen molar-refractivity contribution >= 4 is 0 Å². The van der Waals surface area contributed by atoms with Crippen LogP contribution in [0.3, 0.4) is 0 Å². The number of hydrogen-bond acceptors (Lipinski definition) is 4. The molecule has 3 atom stereocenters. The van der Waals surface area contributed by atoms with Gasteiger partial charge in [-0.05, 0) is 42.9 Å². The van der Waals surface area contributed by atoms with Crippen LogP contribution in [0.4, 0.5) is 0 Å². The molecule has 3 N–H and O–H groups in total. The topological polar surface area (TPSA) is 63.9 Å². The lowest BCUT2D eigenvalue weighted by Gasteiger charge is -2.41. The van der Waals surface area contributed by atoms with E-state index in [1.807, 2.05) is 0 Å². The van der Waals surface area contributed by atoms with Gasteiger partial charge in [0.2, 0.25) is 0 Å². The summed E-state index contributed by atoms with van der Waals surface area (Å²) in [6, 6.07) is 0. The van der Waals surface area contributed by atoms with E-state index in [2.05, 4.69) is 25.7 Å². The van der Waals surface area contributed by atoms with Crippen LogP contribution < -0.4 is 0 Å². The molecule has 20 heavy (non-hydrogen) atoms. The van der Waals surface area contributed by atoms with Crippen molar-refractivity contribution in [1.82, 2.24) is 4.90 Å². The van der Waals surface area contributed by atoms with E-state index < -0.39 is 18.3 Å². The summed E-state index contributed by atoms with van der Waals surface area (Å²) >= 11 is 0. The van der Waals surface area contributed by atoms with Crippen LogP contribution in [0.2, 0.25) is 0 Å². The Balaban J connectivity index is 1.78. The van der Waals surface area contributed by atoms with Crippen molar-refractivity contribution in [2.75, 3.05) is 19.6 Å². The van der Waals surface area contributed by atoms with E-state index in [0.717, 1.165) is 12.5 Å². The van der Waals surface area contributed by atoms with Gasteiger partial charge >= 0.3 is 0 Å². The average molecular weight is 285 g/mol. The largest absolute Gasteiger partial charge is 0.389 e. The third-order valence-electron chi connectivity index (χ3n) is 5.27. The first kappa shape index (κ1) is 16.2. The van der Waals surface area contributed by atoms with Crippen LogP contribution in [0.15, 0.2) is 0 Å². The highest BCUT2D eigenvalue weighted by Crippen LogP contribution is 2.40. The zero-order chi connectivity index (χ0) is 14.9. The molecular weight excluding hydrogens is 254 g/mol. The van der Waals surface area contributed by atoms with Gasteiger partial charge in [0.05, 0.1) is 12.2 Å². The molecule has 1 heterocycles. The molecule has 4 nitrogen and oxygen atoms in total. The number of hydrogen-bond donors (Lipinski definition) is 3. The monoisotopic (exact) mass is 285 g/mol. The van der Waals surface area contributed by atoms with Crippen LogP contribution in [0.5, 0.6) is 0 Å². The number of piperidine rings is 1. The molecule has 0 amide bonds. The molecule has 0 spiro atoms. The molecule has 1 saturated heterocycles. The van der Waals surface area contributed by atoms with Crippen molar-refractivity contribution < 1.29 is 15.3 Å². The zero-order valence-corrected chi connectivity index (χ0v) is 13.1. The molecule has 0 aromatic rings. The first-order chi connectivity index (χ1) is 9.27. The Labute approximate surface area is 122 Å². The standard InChI is InChI=1S/C16H31NO3/c1-16(2,3)12-6-4-11(5-7-12)8-17-9-13(18)15(20)14(19)10-17/h11-15,18-20H,4-10H2,1-3H3/t11-,12+,13-,14+,15+. The Morgan fingerprint density at radius 3 is 1.85 bits per heavy atom. The van der Waals surface area contributed by atoms with Crippen LogP contribution in [0.1, 0.15) is 46.5 Å². The van der Waals surface area contributed by atoms with Gasteiger partial charge in [0.25, 0.3) is 0 Å². The van der Waals surface area contributed by atoms with Crippen molar-refractivity contribution in [2.45, 2.75) is 64.8 Å². The second kappa shape index (κ2) is 6.30. The second-order valence-electron chi connectivity index (χ2n) is 7.93. The van der Waals surface area contributed by atoms with Crippen LogP contribution in [0, 0.1) is 17.3 Å². The van der Waals surface area contributed by atoms with Crippen molar-refractivity contribution in [3.8, 4) is 0 Å². The van der Waals surface area contributed by atoms with Gasteiger partial charge in [0, 0.05) is 19.6 Å². The van der Waals surface area contributed by atoms with Gasteiger partial charge in [0.1, 0.15) is 6.10 Å². The highest BCUT2D eigenvalue weighted by atomic mass is 16.4. The van der Waals surface area contributed by atoms with Crippen LogP contribution in [-0.4, -0.2) is 58.2 Å². The van der Waals surface area contributed by atoms with E-state index in [-0.39, 0.29) is 0 Å². The van der Waals surface area contributed by atoms with E-state index >= 15 is 0 Å². The lowest BCUT2D eigenvalue weighted by molar-refractivity contribution is -0.112. The number of likely N-dealkylation sites (tertiary alicyclic amines) is 1.